The molecule has 0 aliphatic heterocycles. The number of aromatic nitrogens is 1. The monoisotopic (exact) mass is 404 g/mol. The Hall–Kier alpha value is -2.70. The zero-order valence-corrected chi connectivity index (χ0v) is 15.7. The van der Waals surface area contributed by atoms with Gasteiger partial charge in [0.05, 0.1) is 25.0 Å². The van der Waals surface area contributed by atoms with Gasteiger partial charge in [-0.25, -0.2) is 4.98 Å². The molecule has 1 amide bonds. The first-order chi connectivity index (χ1) is 17.1. The molecule has 0 bridgehead atoms. The van der Waals surface area contributed by atoms with Gasteiger partial charge in [-0.3, -0.25) is 4.79 Å². The number of benzene rings is 2. The Labute approximate surface area is 181 Å². The Morgan fingerprint density at radius 3 is 2.75 bits per heavy atom. The number of nitrogens with two attached hydrogens (primary N) is 1. The Morgan fingerprint density at radius 1 is 1.32 bits per heavy atom. The molecule has 1 aromatic heterocycles. The molecular formula is C22H25N3O2S. The summed E-state index contributed by atoms with van der Waals surface area (Å²) in [6, 6.07) is 4.64. The molecule has 3 rings (SSSR count). The Bertz CT molecular complexity index is 1270. The zero-order chi connectivity index (χ0) is 27.8. The maximum atomic E-state index is 12.4. The predicted molar refractivity (Wildman–Crippen MR) is 114 cm³/mol. The van der Waals surface area contributed by atoms with Gasteiger partial charge in [-0.1, -0.05) is 48.8 Å². The van der Waals surface area contributed by atoms with E-state index < -0.39 is 73.0 Å². The number of amides is 1. The van der Waals surface area contributed by atoms with E-state index in [9.17, 15) is 9.90 Å². The molecule has 1 heterocycles. The average molecular weight is 405 g/mol. The zero-order valence-electron chi connectivity index (χ0n) is 23.9. The Balaban J connectivity index is 1.89. The first-order valence-electron chi connectivity index (χ1n) is 13.0. The van der Waals surface area contributed by atoms with Crippen LogP contribution in [0.4, 0.5) is 10.8 Å². The lowest BCUT2D eigenvalue weighted by Gasteiger charge is -2.10. The van der Waals surface area contributed by atoms with Crippen LogP contribution in [0.2, 0.25) is 0 Å². The molecule has 5 nitrogen and oxygen atoms in total. The highest BCUT2D eigenvalue weighted by Gasteiger charge is 2.08. The molecule has 0 aliphatic rings. The normalized spacial score (nSPS) is 18.7. The van der Waals surface area contributed by atoms with Gasteiger partial charge in [0.2, 0.25) is 5.91 Å². The first kappa shape index (κ1) is 11.3. The molecule has 0 radical (unpaired) electrons. The highest BCUT2D eigenvalue weighted by atomic mass is 32.1. The van der Waals surface area contributed by atoms with Gasteiger partial charge in [0, 0.05) is 16.6 Å². The number of carbonyl (C=O) groups excluding carboxylic acids is 1. The van der Waals surface area contributed by atoms with Crippen molar-refractivity contribution in [2.45, 2.75) is 38.1 Å². The van der Waals surface area contributed by atoms with Crippen LogP contribution in [0.1, 0.15) is 54.5 Å². The van der Waals surface area contributed by atoms with Crippen LogP contribution >= 0.6 is 11.3 Å². The van der Waals surface area contributed by atoms with Crippen LogP contribution < -0.4 is 11.1 Å². The Kier molecular flexibility index (Phi) is 4.05. The van der Waals surface area contributed by atoms with E-state index in [4.69, 9.17) is 18.1 Å². The molecule has 0 fully saturated rings. The van der Waals surface area contributed by atoms with E-state index in [1.54, 1.807) is 23.6 Å². The highest BCUT2D eigenvalue weighted by molar-refractivity contribution is 7.13. The number of nitrogen functional groups attached to an aromatic ring is 1. The van der Waals surface area contributed by atoms with E-state index in [-0.39, 0.29) is 17.1 Å². The van der Waals surface area contributed by atoms with Crippen molar-refractivity contribution in [2.75, 3.05) is 11.1 Å². The summed E-state index contributed by atoms with van der Waals surface area (Å²) in [6.45, 7) is 0. The molecular weight excluding hydrogens is 370 g/mol. The third kappa shape index (κ3) is 6.18. The summed E-state index contributed by atoms with van der Waals surface area (Å²) < 4.78 is 74.9. The van der Waals surface area contributed by atoms with Crippen molar-refractivity contribution in [1.29, 1.82) is 0 Å². The Morgan fingerprint density at radius 2 is 2.07 bits per heavy atom. The first-order valence-corrected chi connectivity index (χ1v) is 9.35. The molecule has 0 saturated heterocycles. The van der Waals surface area contributed by atoms with Crippen molar-refractivity contribution >= 4 is 28.1 Å². The van der Waals surface area contributed by atoms with E-state index in [1.165, 1.54) is 12.1 Å². The van der Waals surface area contributed by atoms with Crippen LogP contribution in [0.5, 0.6) is 0 Å². The van der Waals surface area contributed by atoms with E-state index in [0.29, 0.717) is 5.69 Å². The van der Waals surface area contributed by atoms with Gasteiger partial charge in [-0.15, -0.1) is 11.3 Å². The quantitative estimate of drug-likeness (QED) is 0.495. The number of nitrogens with one attached hydrogen (secondary N) is 1. The molecule has 28 heavy (non-hydrogen) atoms. The maximum absolute atomic E-state index is 12.4. The van der Waals surface area contributed by atoms with Gasteiger partial charge in [0.15, 0.2) is 5.13 Å². The summed E-state index contributed by atoms with van der Waals surface area (Å²) in [4.78, 5) is 16.3. The van der Waals surface area contributed by atoms with Crippen molar-refractivity contribution < 1.29 is 22.2 Å². The highest BCUT2D eigenvalue weighted by Crippen LogP contribution is 2.20. The third-order valence-corrected chi connectivity index (χ3v) is 4.33. The van der Waals surface area contributed by atoms with Crippen molar-refractivity contribution in [3.8, 4) is 0 Å². The molecule has 0 saturated carbocycles. The van der Waals surface area contributed by atoms with E-state index >= 15 is 0 Å². The van der Waals surface area contributed by atoms with Crippen LogP contribution in [0.3, 0.4) is 0 Å². The van der Waals surface area contributed by atoms with Gasteiger partial charge in [-0.2, -0.15) is 0 Å². The van der Waals surface area contributed by atoms with E-state index in [0.717, 1.165) is 11.3 Å². The molecule has 6 heteroatoms. The molecule has 1 atom stereocenters. The second kappa shape index (κ2) is 10.0. The largest absolute Gasteiger partial charge is 0.388 e. The van der Waals surface area contributed by atoms with Crippen LogP contribution in [0.15, 0.2) is 59.9 Å². The maximum Gasteiger partial charge on any atom is 0.230 e. The number of hydrogen-bond acceptors (Lipinski definition) is 5. The van der Waals surface area contributed by atoms with Crippen molar-refractivity contribution in [1.82, 2.24) is 4.98 Å². The number of carbonyl (C=O) groups is 1. The molecule has 0 spiro atoms. The summed E-state index contributed by atoms with van der Waals surface area (Å²) >= 11 is 1.12. The van der Waals surface area contributed by atoms with Crippen LogP contribution in [0.25, 0.3) is 0 Å². The van der Waals surface area contributed by atoms with Gasteiger partial charge >= 0.3 is 0 Å². The van der Waals surface area contributed by atoms with Crippen molar-refractivity contribution in [3.05, 3.63) is 76.7 Å². The summed E-state index contributed by atoms with van der Waals surface area (Å²) in [5.41, 5.74) is 4.77. The minimum absolute atomic E-state index is 0.191. The standard InChI is InChI=1S/C22H25N3O2S/c23-22-25-19(15-28-22)14-21(27)24-18-12-10-16(11-13-18)6-4-5-9-20(26)17-7-2-1-3-8-17/h1-3,7-8,10-13,15,20,26H,4-6,9,14H2,(H2,23,25)(H,24,27)/t20-/m0/s1/i4D2,6D2,10D,11D,12D,13D,20D. The smallest absolute Gasteiger partial charge is 0.230 e. The number of anilines is 2. The van der Waals surface area contributed by atoms with Crippen LogP contribution in [0, 0.1) is 0 Å². The number of aliphatic hydroxyl groups is 1. The number of hydrogen-bond donors (Lipinski definition) is 3. The predicted octanol–water partition coefficient (Wildman–Crippen LogP) is 4.35. The lowest BCUT2D eigenvalue weighted by atomic mass is 10.0. The molecule has 146 valence electrons. The average Bonchev–Trinajstić information content (AvgIpc) is 3.24. The SMILES string of the molecule is [2H]c1c([2H])c(C([2H])([2H])C([2H])([2H])CC[C@]([2H])(O)c2ccccc2)c([2H])c([2H])c1NC(=O)Cc1csc(N)n1. The third-order valence-electron chi connectivity index (χ3n) is 3.61. The number of nitrogens with zero attached hydrogens (tertiary/aromatic N) is 1. The second-order valence-electron chi connectivity index (χ2n) is 5.77. The molecule has 3 aromatic rings. The van der Waals surface area contributed by atoms with Crippen molar-refractivity contribution in [2.24, 2.45) is 0 Å². The van der Waals surface area contributed by atoms with E-state index in [2.05, 4.69) is 10.3 Å². The fourth-order valence-corrected chi connectivity index (χ4v) is 2.86. The topological polar surface area (TPSA) is 88.2 Å². The summed E-state index contributed by atoms with van der Waals surface area (Å²) in [7, 11) is 0. The van der Waals surface area contributed by atoms with Crippen molar-refractivity contribution in [3.63, 3.8) is 0 Å². The summed E-state index contributed by atoms with van der Waals surface area (Å²) in [6.07, 6.45) is -9.45. The molecule has 4 N–H and O–H groups in total. The van der Waals surface area contributed by atoms with E-state index in [1.807, 2.05) is 0 Å². The lowest BCUT2D eigenvalue weighted by molar-refractivity contribution is -0.115. The van der Waals surface area contributed by atoms with Crippen LogP contribution in [-0.2, 0) is 17.6 Å². The van der Waals surface area contributed by atoms with Gasteiger partial charge in [-0.05, 0) is 42.4 Å². The van der Waals surface area contributed by atoms with Crippen LogP contribution in [-0.4, -0.2) is 16.0 Å². The number of thiazole rings is 1. The van der Waals surface area contributed by atoms with Gasteiger partial charge < -0.3 is 16.2 Å². The van der Waals surface area contributed by atoms with Gasteiger partial charge in [0.25, 0.3) is 0 Å². The minimum atomic E-state index is -3.04. The molecule has 0 aliphatic carbocycles. The van der Waals surface area contributed by atoms with Gasteiger partial charge in [0.1, 0.15) is 0 Å². The molecule has 2 aromatic carbocycles. The second-order valence-corrected chi connectivity index (χ2v) is 6.66. The minimum Gasteiger partial charge on any atom is -0.388 e. The summed E-state index contributed by atoms with van der Waals surface area (Å²) in [5, 5.41) is 14.6. The fourth-order valence-electron chi connectivity index (χ4n) is 2.30. The lowest BCUT2D eigenvalue weighted by Crippen LogP contribution is -2.14. The molecule has 0 unspecified atom stereocenters. The summed E-state index contributed by atoms with van der Waals surface area (Å²) in [5.74, 6) is -0.687. The fraction of sp³-hybridized carbons (Fsp3) is 0.273. The number of rotatable bonds is 9.